The van der Waals surface area contributed by atoms with E-state index >= 15 is 0 Å². The van der Waals surface area contributed by atoms with Crippen LogP contribution in [0.4, 0.5) is 18.0 Å². The molecular weight excluding hydrogens is 271 g/mol. The summed E-state index contributed by atoms with van der Waals surface area (Å²) in [6.07, 6.45) is -2.18. The average molecular weight is 287 g/mol. The molecule has 0 radical (unpaired) electrons. The van der Waals surface area contributed by atoms with Crippen molar-refractivity contribution < 1.29 is 22.7 Å². The number of alkyl carbamates (subject to hydrolysis) is 1. The Kier molecular flexibility index (Phi) is 4.81. The van der Waals surface area contributed by atoms with E-state index in [0.29, 0.717) is 5.56 Å². The molecular formula is C14H16F3NO2. The quantitative estimate of drug-likeness (QED) is 0.885. The first-order valence-corrected chi connectivity index (χ1v) is 5.91. The van der Waals surface area contributed by atoms with Crippen LogP contribution in [0.3, 0.4) is 0 Å². The van der Waals surface area contributed by atoms with Crippen LogP contribution in [0.5, 0.6) is 0 Å². The molecule has 0 saturated carbocycles. The normalized spacial score (nSPS) is 12.5. The van der Waals surface area contributed by atoms with Crippen molar-refractivity contribution >= 4 is 12.2 Å². The summed E-state index contributed by atoms with van der Waals surface area (Å²) in [7, 11) is 0. The van der Waals surface area contributed by atoms with Crippen molar-refractivity contribution in [1.29, 1.82) is 0 Å². The summed E-state index contributed by atoms with van der Waals surface area (Å²) in [5.41, 5.74) is -0.782. The first-order valence-electron chi connectivity index (χ1n) is 5.91. The second-order valence-electron chi connectivity index (χ2n) is 5.10. The van der Waals surface area contributed by atoms with E-state index < -0.39 is 23.4 Å². The van der Waals surface area contributed by atoms with Crippen molar-refractivity contribution in [1.82, 2.24) is 5.32 Å². The van der Waals surface area contributed by atoms with Crippen LogP contribution in [-0.2, 0) is 10.9 Å². The topological polar surface area (TPSA) is 38.3 Å². The summed E-state index contributed by atoms with van der Waals surface area (Å²) in [5, 5.41) is 2.37. The first kappa shape index (κ1) is 16.1. The van der Waals surface area contributed by atoms with Gasteiger partial charge in [-0.1, -0.05) is 12.1 Å². The molecule has 0 aliphatic heterocycles. The Bertz CT molecular complexity index is 485. The molecule has 20 heavy (non-hydrogen) atoms. The molecule has 1 amide bonds. The van der Waals surface area contributed by atoms with Crippen LogP contribution in [0.25, 0.3) is 6.08 Å². The van der Waals surface area contributed by atoms with E-state index in [1.807, 2.05) is 0 Å². The summed E-state index contributed by atoms with van der Waals surface area (Å²) in [4.78, 5) is 11.3. The third-order valence-electron chi connectivity index (χ3n) is 2.11. The van der Waals surface area contributed by atoms with Gasteiger partial charge >= 0.3 is 12.3 Å². The molecule has 1 aromatic rings. The average Bonchev–Trinajstić information content (AvgIpc) is 2.26. The Labute approximate surface area is 115 Å². The molecule has 3 nitrogen and oxygen atoms in total. The molecule has 1 aromatic carbocycles. The molecule has 0 heterocycles. The summed E-state index contributed by atoms with van der Waals surface area (Å²) < 4.78 is 42.0. The summed E-state index contributed by atoms with van der Waals surface area (Å²) in [5.74, 6) is 0. The van der Waals surface area contributed by atoms with Crippen LogP contribution in [0, 0.1) is 0 Å². The maximum atomic E-state index is 12.3. The van der Waals surface area contributed by atoms with Gasteiger partial charge in [0.2, 0.25) is 0 Å². The number of nitrogens with one attached hydrogen (secondary N) is 1. The fraction of sp³-hybridized carbons (Fsp3) is 0.357. The highest BCUT2D eigenvalue weighted by molar-refractivity contribution is 5.70. The Morgan fingerprint density at radius 3 is 2.15 bits per heavy atom. The van der Waals surface area contributed by atoms with Crippen molar-refractivity contribution in [3.63, 3.8) is 0 Å². The zero-order valence-corrected chi connectivity index (χ0v) is 11.4. The van der Waals surface area contributed by atoms with Gasteiger partial charge in [-0.25, -0.2) is 4.79 Å². The lowest BCUT2D eigenvalue weighted by atomic mass is 10.1. The molecule has 1 N–H and O–H groups in total. The number of amides is 1. The van der Waals surface area contributed by atoms with Gasteiger partial charge in [-0.15, -0.1) is 0 Å². The maximum absolute atomic E-state index is 12.3. The Balaban J connectivity index is 2.57. The van der Waals surface area contributed by atoms with Gasteiger partial charge in [0, 0.05) is 6.20 Å². The number of ether oxygens (including phenoxy) is 1. The minimum Gasteiger partial charge on any atom is -0.444 e. The Morgan fingerprint density at radius 2 is 1.70 bits per heavy atom. The molecule has 110 valence electrons. The van der Waals surface area contributed by atoms with Crippen LogP contribution >= 0.6 is 0 Å². The molecule has 0 saturated heterocycles. The highest BCUT2D eigenvalue weighted by Crippen LogP contribution is 2.29. The molecule has 6 heteroatoms. The number of halogens is 3. The largest absolute Gasteiger partial charge is 0.444 e. The third-order valence-corrected chi connectivity index (χ3v) is 2.11. The predicted molar refractivity (Wildman–Crippen MR) is 69.8 cm³/mol. The summed E-state index contributed by atoms with van der Waals surface area (Å²) in [6, 6.07) is 4.59. The molecule has 1 rings (SSSR count). The predicted octanol–water partition coefficient (Wildman–Crippen LogP) is 4.20. The molecule has 0 aliphatic rings. The number of carbonyl (C=O) groups excluding carboxylic acids is 1. The van der Waals surface area contributed by atoms with Crippen molar-refractivity contribution in [3.05, 3.63) is 41.6 Å². The van der Waals surface area contributed by atoms with Gasteiger partial charge in [0.05, 0.1) is 5.56 Å². The van der Waals surface area contributed by atoms with Crippen LogP contribution in [-0.4, -0.2) is 11.7 Å². The van der Waals surface area contributed by atoms with E-state index in [2.05, 4.69) is 5.32 Å². The number of hydrogen-bond donors (Lipinski definition) is 1. The number of rotatable bonds is 2. The molecule has 0 aliphatic carbocycles. The SMILES string of the molecule is CC(C)(C)OC(=O)NC=Cc1ccc(C(F)(F)F)cc1. The van der Waals surface area contributed by atoms with Gasteiger partial charge in [-0.3, -0.25) is 5.32 Å². The van der Waals surface area contributed by atoms with E-state index in [4.69, 9.17) is 4.74 Å². The van der Waals surface area contributed by atoms with Gasteiger partial charge in [-0.2, -0.15) is 13.2 Å². The summed E-state index contributed by atoms with van der Waals surface area (Å²) >= 11 is 0. The minimum absolute atomic E-state index is 0.536. The highest BCUT2D eigenvalue weighted by Gasteiger charge is 2.29. The van der Waals surface area contributed by atoms with Crippen molar-refractivity contribution in [3.8, 4) is 0 Å². The van der Waals surface area contributed by atoms with Crippen molar-refractivity contribution in [2.45, 2.75) is 32.5 Å². The molecule has 0 aromatic heterocycles. The van der Waals surface area contributed by atoms with E-state index in [9.17, 15) is 18.0 Å². The Morgan fingerprint density at radius 1 is 1.15 bits per heavy atom. The zero-order valence-electron chi connectivity index (χ0n) is 11.4. The van der Waals surface area contributed by atoms with E-state index in [0.717, 1.165) is 12.1 Å². The smallest absolute Gasteiger partial charge is 0.416 e. The van der Waals surface area contributed by atoms with Gasteiger partial charge < -0.3 is 4.74 Å². The monoisotopic (exact) mass is 287 g/mol. The fourth-order valence-electron chi connectivity index (χ4n) is 1.30. The molecule has 0 unspecified atom stereocenters. The minimum atomic E-state index is -4.35. The zero-order chi connectivity index (χ0) is 15.4. The first-order chi connectivity index (χ1) is 9.08. The van der Waals surface area contributed by atoms with Gasteiger partial charge in [0.15, 0.2) is 0 Å². The van der Waals surface area contributed by atoms with Crippen molar-refractivity contribution in [2.24, 2.45) is 0 Å². The van der Waals surface area contributed by atoms with Gasteiger partial charge in [-0.05, 0) is 44.5 Å². The fourth-order valence-corrected chi connectivity index (χ4v) is 1.30. The molecule has 0 atom stereocenters. The summed E-state index contributed by atoms with van der Waals surface area (Å²) in [6.45, 7) is 5.18. The van der Waals surface area contributed by atoms with Crippen LogP contribution in [0.2, 0.25) is 0 Å². The lowest BCUT2D eigenvalue weighted by molar-refractivity contribution is -0.137. The third kappa shape index (κ3) is 5.77. The van der Waals surface area contributed by atoms with E-state index in [1.54, 1.807) is 20.8 Å². The van der Waals surface area contributed by atoms with Crippen LogP contribution < -0.4 is 5.32 Å². The number of benzene rings is 1. The van der Waals surface area contributed by atoms with E-state index in [-0.39, 0.29) is 0 Å². The number of alkyl halides is 3. The molecule has 0 spiro atoms. The van der Waals surface area contributed by atoms with Gasteiger partial charge in [0.1, 0.15) is 5.60 Å². The lowest BCUT2D eigenvalue weighted by Crippen LogP contribution is -2.29. The highest BCUT2D eigenvalue weighted by atomic mass is 19.4. The van der Waals surface area contributed by atoms with Gasteiger partial charge in [0.25, 0.3) is 0 Å². The maximum Gasteiger partial charge on any atom is 0.416 e. The molecule has 0 bridgehead atoms. The van der Waals surface area contributed by atoms with E-state index in [1.165, 1.54) is 24.4 Å². The van der Waals surface area contributed by atoms with Crippen molar-refractivity contribution in [2.75, 3.05) is 0 Å². The lowest BCUT2D eigenvalue weighted by Gasteiger charge is -2.18. The Hall–Kier alpha value is -1.98. The second kappa shape index (κ2) is 5.98. The van der Waals surface area contributed by atoms with Crippen LogP contribution in [0.15, 0.2) is 30.5 Å². The number of hydrogen-bond acceptors (Lipinski definition) is 2. The number of carbonyl (C=O) groups is 1. The molecule has 0 fully saturated rings. The standard InChI is InChI=1S/C14H16F3NO2/c1-13(2,3)20-12(19)18-9-8-10-4-6-11(7-5-10)14(15,16)17/h4-9H,1-3H3,(H,18,19). The van der Waals surface area contributed by atoms with Crippen LogP contribution in [0.1, 0.15) is 31.9 Å². The second-order valence-corrected chi connectivity index (χ2v) is 5.10.